The van der Waals surface area contributed by atoms with Crippen molar-refractivity contribution in [3.05, 3.63) is 29.6 Å². The minimum atomic E-state index is 0. The molecule has 1 fully saturated rings. The number of halogens is 2. The molecule has 8 heteroatoms. The van der Waals surface area contributed by atoms with Crippen molar-refractivity contribution in [3.8, 4) is 5.88 Å². The number of rotatable bonds is 3. The van der Waals surface area contributed by atoms with Gasteiger partial charge in [-0.3, -0.25) is 0 Å². The van der Waals surface area contributed by atoms with Crippen molar-refractivity contribution in [2.75, 3.05) is 5.32 Å². The zero-order valence-corrected chi connectivity index (χ0v) is 15.9. The van der Waals surface area contributed by atoms with Crippen LogP contribution in [0, 0.1) is 0 Å². The Kier molecular flexibility index (Phi) is 7.06. The summed E-state index contributed by atoms with van der Waals surface area (Å²) in [4.78, 5) is 15.9. The average molecular weight is 396 g/mol. The monoisotopic (exact) mass is 395 g/mol. The molecule has 4 rings (SSSR count). The number of imidazole rings is 1. The maximum Gasteiger partial charge on any atom is 0.238 e. The number of hydrogen-bond acceptors (Lipinski definition) is 5. The second-order valence-electron chi connectivity index (χ2n) is 6.39. The number of fused-ring (bicyclic) bond motifs is 1. The van der Waals surface area contributed by atoms with E-state index in [0.29, 0.717) is 23.5 Å². The van der Waals surface area contributed by atoms with Gasteiger partial charge in [0.2, 0.25) is 11.8 Å². The molecule has 2 aliphatic rings. The fraction of sp³-hybridized carbons (Fsp3) is 0.389. The summed E-state index contributed by atoms with van der Waals surface area (Å²) in [7, 11) is 0. The third-order valence-corrected chi connectivity index (χ3v) is 4.63. The Labute approximate surface area is 165 Å². The molecular formula is C18H23Cl2N5O. The summed E-state index contributed by atoms with van der Waals surface area (Å²) in [6.07, 6.45) is 12.8. The summed E-state index contributed by atoms with van der Waals surface area (Å²) in [5.41, 5.74) is 2.46. The van der Waals surface area contributed by atoms with Crippen molar-refractivity contribution in [1.29, 1.82) is 0 Å². The van der Waals surface area contributed by atoms with E-state index in [-0.39, 0.29) is 30.7 Å². The Hall–Kier alpha value is -2.05. The molecule has 1 aliphatic heterocycles. The van der Waals surface area contributed by atoms with E-state index in [4.69, 9.17) is 0 Å². The lowest BCUT2D eigenvalue weighted by Gasteiger charge is -2.14. The summed E-state index contributed by atoms with van der Waals surface area (Å²) < 4.78 is 0. The highest BCUT2D eigenvalue weighted by atomic mass is 35.5. The molecule has 0 amide bonds. The van der Waals surface area contributed by atoms with E-state index in [2.05, 4.69) is 25.3 Å². The molecule has 140 valence electrons. The number of aromatic nitrogens is 3. The predicted molar refractivity (Wildman–Crippen MR) is 110 cm³/mol. The second kappa shape index (κ2) is 9.05. The lowest BCUT2D eigenvalue weighted by molar-refractivity contribution is 0.455. The van der Waals surface area contributed by atoms with Crippen LogP contribution in [0.2, 0.25) is 0 Å². The van der Waals surface area contributed by atoms with Crippen molar-refractivity contribution in [2.45, 2.75) is 44.6 Å². The van der Waals surface area contributed by atoms with Crippen LogP contribution < -0.4 is 5.32 Å². The highest BCUT2D eigenvalue weighted by molar-refractivity contribution is 6.20. The minimum Gasteiger partial charge on any atom is -0.492 e. The molecule has 0 saturated heterocycles. The van der Waals surface area contributed by atoms with Crippen LogP contribution in [0.4, 0.5) is 11.8 Å². The Morgan fingerprint density at radius 1 is 1.15 bits per heavy atom. The van der Waals surface area contributed by atoms with Gasteiger partial charge in [0.15, 0.2) is 5.82 Å². The molecule has 26 heavy (non-hydrogen) atoms. The highest BCUT2D eigenvalue weighted by Gasteiger charge is 2.17. The number of aromatic hydroxyl groups is 1. The number of nitrogens with one attached hydrogen (secondary N) is 2. The number of H-pyrrole nitrogens is 1. The first-order chi connectivity index (χ1) is 11.8. The smallest absolute Gasteiger partial charge is 0.238 e. The van der Waals surface area contributed by atoms with Gasteiger partial charge in [-0.1, -0.05) is 25.7 Å². The molecule has 1 aliphatic carbocycles. The molecule has 3 N–H and O–H groups in total. The number of hydrogen-bond donors (Lipinski definition) is 3. The molecule has 0 aromatic carbocycles. The summed E-state index contributed by atoms with van der Waals surface area (Å²) in [6.45, 7) is 0. The molecule has 0 atom stereocenters. The third-order valence-electron chi connectivity index (χ3n) is 4.63. The van der Waals surface area contributed by atoms with Crippen molar-refractivity contribution in [3.63, 3.8) is 0 Å². The van der Waals surface area contributed by atoms with E-state index in [1.807, 2.05) is 18.2 Å². The molecule has 0 bridgehead atoms. The number of allylic oxidation sites excluding steroid dienone is 1. The van der Waals surface area contributed by atoms with Gasteiger partial charge in [-0.25, -0.2) is 9.98 Å². The van der Waals surface area contributed by atoms with Gasteiger partial charge in [-0.15, -0.1) is 24.8 Å². The van der Waals surface area contributed by atoms with E-state index in [1.165, 1.54) is 25.7 Å². The van der Waals surface area contributed by atoms with E-state index in [1.54, 1.807) is 12.4 Å². The fourth-order valence-electron chi connectivity index (χ4n) is 3.36. The Morgan fingerprint density at radius 3 is 2.69 bits per heavy atom. The first kappa shape index (κ1) is 20.3. The van der Waals surface area contributed by atoms with Crippen molar-refractivity contribution >= 4 is 54.4 Å². The number of nitrogens with zero attached hydrogens (tertiary/aromatic N) is 3. The Morgan fingerprint density at radius 2 is 1.92 bits per heavy atom. The maximum absolute atomic E-state index is 10.1. The largest absolute Gasteiger partial charge is 0.492 e. The zero-order chi connectivity index (χ0) is 16.4. The first-order valence-electron chi connectivity index (χ1n) is 8.56. The molecule has 6 nitrogen and oxygen atoms in total. The van der Waals surface area contributed by atoms with Crippen molar-refractivity contribution in [1.82, 2.24) is 15.0 Å². The van der Waals surface area contributed by atoms with Crippen LogP contribution in [0.1, 0.15) is 49.8 Å². The van der Waals surface area contributed by atoms with Crippen LogP contribution in [-0.2, 0) is 0 Å². The van der Waals surface area contributed by atoms with Crippen molar-refractivity contribution < 1.29 is 5.11 Å². The van der Waals surface area contributed by atoms with Gasteiger partial charge in [0.25, 0.3) is 0 Å². The molecule has 3 heterocycles. The summed E-state index contributed by atoms with van der Waals surface area (Å²) in [5.74, 6) is 1.34. The molecule has 0 radical (unpaired) electrons. The molecule has 2 aromatic heterocycles. The first-order valence-corrected chi connectivity index (χ1v) is 8.56. The number of aromatic amines is 1. The predicted octanol–water partition coefficient (Wildman–Crippen LogP) is 4.75. The van der Waals surface area contributed by atoms with Crippen molar-refractivity contribution in [2.24, 2.45) is 4.99 Å². The summed E-state index contributed by atoms with van der Waals surface area (Å²) >= 11 is 0. The maximum atomic E-state index is 10.1. The van der Waals surface area contributed by atoms with Gasteiger partial charge in [-0.05, 0) is 31.1 Å². The SMILES string of the molecule is Cl.Cl.Oc1nc(NC2CCCCCC2)[nH]c1/C=C1\C=Nc2ncccc21. The topological polar surface area (TPSA) is 86.2 Å². The summed E-state index contributed by atoms with van der Waals surface area (Å²) in [5, 5.41) is 13.6. The molecule has 0 spiro atoms. The second-order valence-corrected chi connectivity index (χ2v) is 6.39. The lowest BCUT2D eigenvalue weighted by atomic mass is 10.1. The number of aliphatic imine (C=N–C) groups is 1. The fourth-order valence-corrected chi connectivity index (χ4v) is 3.36. The van der Waals surface area contributed by atoms with Crippen LogP contribution in [0.3, 0.4) is 0 Å². The number of pyridine rings is 1. The molecular weight excluding hydrogens is 373 g/mol. The van der Waals surface area contributed by atoms with Gasteiger partial charge in [0.1, 0.15) is 5.69 Å². The quantitative estimate of drug-likeness (QED) is 0.654. The van der Waals surface area contributed by atoms with Crippen LogP contribution in [-0.4, -0.2) is 32.3 Å². The van der Waals surface area contributed by atoms with Gasteiger partial charge in [0.05, 0.1) is 0 Å². The summed E-state index contributed by atoms with van der Waals surface area (Å²) in [6, 6.07) is 4.28. The lowest BCUT2D eigenvalue weighted by Crippen LogP contribution is -2.19. The van der Waals surface area contributed by atoms with Gasteiger partial charge < -0.3 is 15.4 Å². The third kappa shape index (κ3) is 4.37. The Bertz CT molecular complexity index is 795. The van der Waals surface area contributed by atoms with E-state index in [0.717, 1.165) is 24.0 Å². The van der Waals surface area contributed by atoms with E-state index < -0.39 is 0 Å². The van der Waals surface area contributed by atoms with Gasteiger partial charge in [-0.2, -0.15) is 4.98 Å². The number of anilines is 1. The molecule has 2 aromatic rings. The minimum absolute atomic E-state index is 0. The zero-order valence-electron chi connectivity index (χ0n) is 14.3. The van der Waals surface area contributed by atoms with Crippen LogP contribution in [0.15, 0.2) is 23.3 Å². The molecule has 1 saturated carbocycles. The van der Waals surface area contributed by atoms with Crippen LogP contribution in [0.5, 0.6) is 5.88 Å². The van der Waals surface area contributed by atoms with Crippen LogP contribution in [0.25, 0.3) is 11.6 Å². The van der Waals surface area contributed by atoms with Crippen LogP contribution >= 0.6 is 24.8 Å². The normalized spacial score (nSPS) is 17.9. The van der Waals surface area contributed by atoms with E-state index >= 15 is 0 Å². The standard InChI is InChI=1S/C18H21N5O.2ClH/c24-17-15(10-12-11-20-16-14(12)8-5-9-19-16)22-18(23-17)21-13-6-3-1-2-4-7-13;;/h5,8-11,13,24H,1-4,6-7H2,(H2,21,22,23);2*1H/b12-10+;;. The Balaban J connectivity index is 0.00000121. The van der Waals surface area contributed by atoms with Gasteiger partial charge in [0, 0.05) is 29.6 Å². The molecule has 0 unspecified atom stereocenters. The average Bonchev–Trinajstić information content (AvgIpc) is 3.03. The highest BCUT2D eigenvalue weighted by Crippen LogP contribution is 2.31. The van der Waals surface area contributed by atoms with Gasteiger partial charge >= 0.3 is 0 Å². The van der Waals surface area contributed by atoms with E-state index in [9.17, 15) is 5.11 Å².